The van der Waals surface area contributed by atoms with Gasteiger partial charge in [0.05, 0.1) is 17.1 Å². The first-order valence-corrected chi connectivity index (χ1v) is 10.2. The number of fused-ring (bicyclic) bond motifs is 1. The van der Waals surface area contributed by atoms with Crippen LogP contribution in [0.3, 0.4) is 0 Å². The Morgan fingerprint density at radius 2 is 1.85 bits per heavy atom. The first-order valence-electron chi connectivity index (χ1n) is 8.72. The highest BCUT2D eigenvalue weighted by Gasteiger charge is 2.28. The van der Waals surface area contributed by atoms with Crippen molar-refractivity contribution in [1.82, 2.24) is 4.31 Å². The molecular formula is C20H23NO4S. The molecule has 2 aromatic carbocycles. The van der Waals surface area contributed by atoms with Crippen molar-refractivity contribution in [1.29, 1.82) is 0 Å². The van der Waals surface area contributed by atoms with E-state index in [1.807, 2.05) is 38.1 Å². The third kappa shape index (κ3) is 3.97. The van der Waals surface area contributed by atoms with Gasteiger partial charge in [0.1, 0.15) is 0 Å². The number of benzene rings is 2. The highest BCUT2D eigenvalue weighted by atomic mass is 32.2. The monoisotopic (exact) mass is 373 g/mol. The molecule has 1 aliphatic heterocycles. The zero-order valence-corrected chi connectivity index (χ0v) is 15.8. The molecular weight excluding hydrogens is 350 g/mol. The lowest BCUT2D eigenvalue weighted by Crippen LogP contribution is -2.36. The standard InChI is InChI=1S/C20H23NO4S/c1-15(2)14-25-20(22)17-8-5-9-19(12-17)26(23,24)21-11-10-16-6-3-4-7-18(16)13-21/h3-9,12,15H,10-11,13-14H2,1-2H3. The summed E-state index contributed by atoms with van der Waals surface area (Å²) in [4.78, 5) is 12.3. The Hall–Kier alpha value is -2.18. The molecule has 26 heavy (non-hydrogen) atoms. The van der Waals surface area contributed by atoms with Crippen LogP contribution in [0.4, 0.5) is 0 Å². The number of hydrogen-bond acceptors (Lipinski definition) is 4. The predicted octanol–water partition coefficient (Wildman–Crippen LogP) is 3.25. The molecule has 0 unspecified atom stereocenters. The van der Waals surface area contributed by atoms with Crippen molar-refractivity contribution in [2.24, 2.45) is 5.92 Å². The Morgan fingerprint density at radius 1 is 1.12 bits per heavy atom. The highest BCUT2D eigenvalue weighted by Crippen LogP contribution is 2.25. The molecule has 0 saturated heterocycles. The lowest BCUT2D eigenvalue weighted by atomic mass is 10.0. The third-order valence-electron chi connectivity index (χ3n) is 4.35. The summed E-state index contributed by atoms with van der Waals surface area (Å²) in [5.41, 5.74) is 2.46. The van der Waals surface area contributed by atoms with Gasteiger partial charge in [0.2, 0.25) is 10.0 Å². The molecule has 0 N–H and O–H groups in total. The van der Waals surface area contributed by atoms with Crippen LogP contribution in [-0.4, -0.2) is 31.8 Å². The second-order valence-corrected chi connectivity index (χ2v) is 8.82. The summed E-state index contributed by atoms with van der Waals surface area (Å²) in [5, 5.41) is 0. The summed E-state index contributed by atoms with van der Waals surface area (Å²) >= 11 is 0. The molecule has 0 spiro atoms. The van der Waals surface area contributed by atoms with Crippen LogP contribution in [0.1, 0.15) is 35.3 Å². The maximum absolute atomic E-state index is 13.0. The molecule has 0 fully saturated rings. The average molecular weight is 373 g/mol. The van der Waals surface area contributed by atoms with Crippen LogP contribution in [-0.2, 0) is 27.7 Å². The third-order valence-corrected chi connectivity index (χ3v) is 6.19. The fraction of sp³-hybridized carbons (Fsp3) is 0.350. The molecule has 6 heteroatoms. The number of sulfonamides is 1. The van der Waals surface area contributed by atoms with Crippen molar-refractivity contribution >= 4 is 16.0 Å². The SMILES string of the molecule is CC(C)COC(=O)c1cccc(S(=O)(=O)N2CCc3ccccc3C2)c1. The van der Waals surface area contributed by atoms with Gasteiger partial charge in [-0.1, -0.05) is 44.2 Å². The number of nitrogens with zero attached hydrogens (tertiary/aromatic N) is 1. The summed E-state index contributed by atoms with van der Waals surface area (Å²) in [6.45, 7) is 4.98. The molecule has 0 saturated carbocycles. The van der Waals surface area contributed by atoms with Crippen LogP contribution >= 0.6 is 0 Å². The van der Waals surface area contributed by atoms with E-state index in [-0.39, 0.29) is 16.4 Å². The first-order chi connectivity index (χ1) is 12.4. The Labute approximate surface area is 154 Å². The van der Waals surface area contributed by atoms with Crippen molar-refractivity contribution in [3.05, 3.63) is 65.2 Å². The van der Waals surface area contributed by atoms with Crippen LogP contribution in [0.2, 0.25) is 0 Å². The summed E-state index contributed by atoms with van der Waals surface area (Å²) in [6, 6.07) is 14.0. The van der Waals surface area contributed by atoms with Gasteiger partial charge in [0.25, 0.3) is 0 Å². The molecule has 5 nitrogen and oxygen atoms in total. The van der Waals surface area contributed by atoms with E-state index in [0.717, 1.165) is 5.56 Å². The van der Waals surface area contributed by atoms with Gasteiger partial charge >= 0.3 is 5.97 Å². The zero-order valence-electron chi connectivity index (χ0n) is 15.0. The molecule has 0 atom stereocenters. The highest BCUT2D eigenvalue weighted by molar-refractivity contribution is 7.89. The van der Waals surface area contributed by atoms with Crippen LogP contribution in [0.15, 0.2) is 53.4 Å². The van der Waals surface area contributed by atoms with Crippen LogP contribution in [0.5, 0.6) is 0 Å². The van der Waals surface area contributed by atoms with Gasteiger partial charge in [-0.15, -0.1) is 0 Å². The Balaban J connectivity index is 1.82. The van der Waals surface area contributed by atoms with Crippen molar-refractivity contribution in [3.8, 4) is 0 Å². The summed E-state index contributed by atoms with van der Waals surface area (Å²) in [7, 11) is -3.67. The number of carbonyl (C=O) groups is 1. The molecule has 0 aromatic heterocycles. The van der Waals surface area contributed by atoms with E-state index in [0.29, 0.717) is 26.1 Å². The molecule has 0 aliphatic carbocycles. The van der Waals surface area contributed by atoms with E-state index in [1.54, 1.807) is 12.1 Å². The van der Waals surface area contributed by atoms with Crippen LogP contribution in [0, 0.1) is 5.92 Å². The zero-order chi connectivity index (χ0) is 18.7. The van der Waals surface area contributed by atoms with E-state index in [1.165, 1.54) is 22.0 Å². The Morgan fingerprint density at radius 3 is 2.58 bits per heavy atom. The quantitative estimate of drug-likeness (QED) is 0.755. The maximum atomic E-state index is 13.0. The molecule has 3 rings (SSSR count). The topological polar surface area (TPSA) is 63.7 Å². The number of carbonyl (C=O) groups excluding carboxylic acids is 1. The van der Waals surface area contributed by atoms with E-state index >= 15 is 0 Å². The van der Waals surface area contributed by atoms with Gasteiger partial charge in [-0.3, -0.25) is 0 Å². The second-order valence-electron chi connectivity index (χ2n) is 6.88. The van der Waals surface area contributed by atoms with Crippen molar-refractivity contribution < 1.29 is 17.9 Å². The van der Waals surface area contributed by atoms with Gasteiger partial charge in [-0.05, 0) is 41.7 Å². The summed E-state index contributed by atoms with van der Waals surface area (Å²) in [5.74, 6) is -0.279. The summed E-state index contributed by atoms with van der Waals surface area (Å²) in [6.07, 6.45) is 0.686. The minimum Gasteiger partial charge on any atom is -0.462 e. The van der Waals surface area contributed by atoms with E-state index in [2.05, 4.69) is 0 Å². The molecule has 0 radical (unpaired) electrons. The minimum absolute atomic E-state index is 0.121. The largest absolute Gasteiger partial charge is 0.462 e. The maximum Gasteiger partial charge on any atom is 0.338 e. The van der Waals surface area contributed by atoms with Gasteiger partial charge in [0, 0.05) is 13.1 Å². The smallest absolute Gasteiger partial charge is 0.338 e. The molecule has 0 amide bonds. The Kier molecular flexibility index (Phi) is 5.44. The lowest BCUT2D eigenvalue weighted by molar-refractivity contribution is 0.0458. The molecule has 0 bridgehead atoms. The fourth-order valence-electron chi connectivity index (χ4n) is 2.93. The van der Waals surface area contributed by atoms with E-state index in [4.69, 9.17) is 4.74 Å². The van der Waals surface area contributed by atoms with Crippen molar-refractivity contribution in [2.45, 2.75) is 31.7 Å². The minimum atomic E-state index is -3.67. The number of rotatable bonds is 5. The molecule has 2 aromatic rings. The van der Waals surface area contributed by atoms with Crippen molar-refractivity contribution in [3.63, 3.8) is 0 Å². The van der Waals surface area contributed by atoms with Crippen LogP contribution < -0.4 is 0 Å². The van der Waals surface area contributed by atoms with Gasteiger partial charge < -0.3 is 4.74 Å². The number of esters is 1. The van der Waals surface area contributed by atoms with Crippen molar-refractivity contribution in [2.75, 3.05) is 13.2 Å². The van der Waals surface area contributed by atoms with E-state index < -0.39 is 16.0 Å². The normalized spacial score (nSPS) is 14.9. The molecule has 1 aliphatic rings. The lowest BCUT2D eigenvalue weighted by Gasteiger charge is -2.28. The molecule has 1 heterocycles. The predicted molar refractivity (Wildman–Crippen MR) is 99.3 cm³/mol. The van der Waals surface area contributed by atoms with Gasteiger partial charge in [0.15, 0.2) is 0 Å². The average Bonchev–Trinajstić information content (AvgIpc) is 2.65. The van der Waals surface area contributed by atoms with E-state index in [9.17, 15) is 13.2 Å². The van der Waals surface area contributed by atoms with Crippen LogP contribution in [0.25, 0.3) is 0 Å². The Bertz CT molecular complexity index is 906. The number of ether oxygens (including phenoxy) is 1. The molecule has 138 valence electrons. The summed E-state index contributed by atoms with van der Waals surface area (Å²) < 4.78 is 32.7. The second kappa shape index (κ2) is 7.60. The van der Waals surface area contributed by atoms with Gasteiger partial charge in [-0.2, -0.15) is 4.31 Å². The number of hydrogen-bond donors (Lipinski definition) is 0. The fourth-order valence-corrected chi connectivity index (χ4v) is 4.40. The van der Waals surface area contributed by atoms with Gasteiger partial charge in [-0.25, -0.2) is 13.2 Å². The first kappa shape index (κ1) is 18.6.